The summed E-state index contributed by atoms with van der Waals surface area (Å²) in [7, 11) is 0. The fourth-order valence-electron chi connectivity index (χ4n) is 0.699. The van der Waals surface area contributed by atoms with Crippen LogP contribution in [0.5, 0.6) is 0 Å². The van der Waals surface area contributed by atoms with Crippen LogP contribution in [0.2, 0.25) is 0 Å². The van der Waals surface area contributed by atoms with Gasteiger partial charge in [-0.2, -0.15) is 0 Å². The number of hydrogen-bond donors (Lipinski definition) is 1. The molecule has 0 fully saturated rings. The molecule has 64 valence electrons. The van der Waals surface area contributed by atoms with Gasteiger partial charge in [0, 0.05) is 11.6 Å². The Bertz CT molecular complexity index is 327. The van der Waals surface area contributed by atoms with Crippen LogP contribution in [0.15, 0.2) is 21.8 Å². The van der Waals surface area contributed by atoms with E-state index in [9.17, 15) is 8.78 Å². The lowest BCUT2D eigenvalue weighted by molar-refractivity contribution is 0.321. The monoisotopic (exact) mass is 235 g/mol. The third-order valence-electron chi connectivity index (χ3n) is 1.24. The molecule has 0 bridgehead atoms. The number of nitrogens with zero attached hydrogens (tertiary/aromatic N) is 1. The van der Waals surface area contributed by atoms with Crippen molar-refractivity contribution in [3.63, 3.8) is 0 Å². The van der Waals surface area contributed by atoms with Gasteiger partial charge in [0.25, 0.3) is 0 Å². The molecule has 1 aromatic rings. The van der Waals surface area contributed by atoms with Crippen LogP contribution in [0.1, 0.15) is 5.56 Å². The molecule has 0 aromatic heterocycles. The number of hydrogen-bond acceptors (Lipinski definition) is 2. The van der Waals surface area contributed by atoms with E-state index in [1.807, 2.05) is 0 Å². The van der Waals surface area contributed by atoms with Crippen molar-refractivity contribution >= 4 is 22.1 Å². The largest absolute Gasteiger partial charge is 0.411 e. The molecule has 0 radical (unpaired) electrons. The predicted octanol–water partition coefficient (Wildman–Crippen LogP) is 2.54. The molecule has 0 aliphatic rings. The molecule has 0 aliphatic heterocycles. The summed E-state index contributed by atoms with van der Waals surface area (Å²) in [6.45, 7) is 0. The molecule has 2 nitrogen and oxygen atoms in total. The highest BCUT2D eigenvalue weighted by molar-refractivity contribution is 9.10. The van der Waals surface area contributed by atoms with Crippen molar-refractivity contribution in [3.8, 4) is 0 Å². The van der Waals surface area contributed by atoms with Gasteiger partial charge >= 0.3 is 0 Å². The summed E-state index contributed by atoms with van der Waals surface area (Å²) in [5, 5.41) is 10.7. The van der Waals surface area contributed by atoms with Crippen molar-refractivity contribution in [1.82, 2.24) is 0 Å². The number of oxime groups is 1. The molecule has 0 spiro atoms. The average molecular weight is 236 g/mol. The Morgan fingerprint density at radius 2 is 2.00 bits per heavy atom. The van der Waals surface area contributed by atoms with Crippen molar-refractivity contribution in [2.45, 2.75) is 0 Å². The lowest BCUT2D eigenvalue weighted by Crippen LogP contribution is -1.90. The number of halogens is 3. The molecule has 0 saturated carbocycles. The summed E-state index contributed by atoms with van der Waals surface area (Å²) in [6, 6.07) is 1.89. The maximum Gasteiger partial charge on any atom is 0.140 e. The predicted molar refractivity (Wildman–Crippen MR) is 43.4 cm³/mol. The zero-order chi connectivity index (χ0) is 9.14. The second-order valence-corrected chi connectivity index (χ2v) is 2.89. The Kier molecular flexibility index (Phi) is 2.75. The van der Waals surface area contributed by atoms with Gasteiger partial charge in [-0.25, -0.2) is 8.78 Å². The van der Waals surface area contributed by atoms with Crippen molar-refractivity contribution in [2.24, 2.45) is 5.16 Å². The first-order valence-electron chi connectivity index (χ1n) is 2.97. The van der Waals surface area contributed by atoms with E-state index >= 15 is 0 Å². The van der Waals surface area contributed by atoms with Crippen LogP contribution < -0.4 is 0 Å². The third-order valence-corrected chi connectivity index (χ3v) is 1.84. The van der Waals surface area contributed by atoms with Gasteiger partial charge in [0.05, 0.1) is 10.7 Å². The van der Waals surface area contributed by atoms with Crippen LogP contribution in [0, 0.1) is 11.6 Å². The molecule has 12 heavy (non-hydrogen) atoms. The summed E-state index contributed by atoms with van der Waals surface area (Å²) in [6.07, 6.45) is 0.888. The molecule has 0 aliphatic carbocycles. The Morgan fingerprint density at radius 1 is 1.33 bits per heavy atom. The summed E-state index contributed by atoms with van der Waals surface area (Å²) in [5.74, 6) is -1.46. The highest BCUT2D eigenvalue weighted by Gasteiger charge is 2.05. The molecule has 1 aromatic carbocycles. The summed E-state index contributed by atoms with van der Waals surface area (Å²) < 4.78 is 25.5. The van der Waals surface area contributed by atoms with Crippen molar-refractivity contribution in [1.29, 1.82) is 0 Å². The first-order valence-corrected chi connectivity index (χ1v) is 3.76. The van der Waals surface area contributed by atoms with E-state index in [1.165, 1.54) is 6.07 Å². The second kappa shape index (κ2) is 3.62. The Balaban J connectivity index is 3.23. The molecular formula is C7H4BrF2NO. The molecular weight excluding hydrogens is 232 g/mol. The first kappa shape index (κ1) is 9.12. The summed E-state index contributed by atoms with van der Waals surface area (Å²) in [5.41, 5.74) is 0.0192. The zero-order valence-electron chi connectivity index (χ0n) is 5.76. The van der Waals surface area contributed by atoms with E-state index in [0.717, 1.165) is 6.21 Å². The van der Waals surface area contributed by atoms with Gasteiger partial charge in [0.15, 0.2) is 0 Å². The molecule has 0 atom stereocenters. The Hall–Kier alpha value is -0.970. The molecule has 1 rings (SSSR count). The van der Waals surface area contributed by atoms with Gasteiger partial charge in [0.2, 0.25) is 0 Å². The summed E-state index contributed by atoms with van der Waals surface area (Å²) in [4.78, 5) is 0. The fraction of sp³-hybridized carbons (Fsp3) is 0. The van der Waals surface area contributed by atoms with Crippen LogP contribution in [0.25, 0.3) is 0 Å². The number of rotatable bonds is 1. The summed E-state index contributed by atoms with van der Waals surface area (Å²) >= 11 is 2.87. The van der Waals surface area contributed by atoms with Crippen LogP contribution >= 0.6 is 15.9 Å². The van der Waals surface area contributed by atoms with Gasteiger partial charge in [-0.15, -0.1) is 0 Å². The topological polar surface area (TPSA) is 32.6 Å². The average Bonchev–Trinajstić information content (AvgIpc) is 2.01. The minimum Gasteiger partial charge on any atom is -0.411 e. The van der Waals surface area contributed by atoms with E-state index < -0.39 is 11.6 Å². The van der Waals surface area contributed by atoms with Crippen LogP contribution in [-0.4, -0.2) is 11.4 Å². The van der Waals surface area contributed by atoms with Crippen LogP contribution in [-0.2, 0) is 0 Å². The van der Waals surface area contributed by atoms with Gasteiger partial charge < -0.3 is 5.21 Å². The van der Waals surface area contributed by atoms with Gasteiger partial charge in [0.1, 0.15) is 11.6 Å². The molecule has 1 N–H and O–H groups in total. The molecule has 0 amide bonds. The lowest BCUT2D eigenvalue weighted by atomic mass is 10.2. The van der Waals surface area contributed by atoms with Crippen molar-refractivity contribution in [3.05, 3.63) is 33.8 Å². The van der Waals surface area contributed by atoms with Crippen molar-refractivity contribution in [2.75, 3.05) is 0 Å². The van der Waals surface area contributed by atoms with Crippen LogP contribution in [0.4, 0.5) is 8.78 Å². The lowest BCUT2D eigenvalue weighted by Gasteiger charge is -1.97. The molecule has 0 unspecified atom stereocenters. The van der Waals surface area contributed by atoms with Gasteiger partial charge in [-0.1, -0.05) is 5.16 Å². The highest BCUT2D eigenvalue weighted by atomic mass is 79.9. The maximum absolute atomic E-state index is 12.8. The van der Waals surface area contributed by atoms with Gasteiger partial charge in [-0.3, -0.25) is 0 Å². The SMILES string of the molecule is ON=Cc1cc(Br)c(F)cc1F. The minimum atomic E-state index is -0.770. The van der Waals surface area contributed by atoms with E-state index in [0.29, 0.717) is 6.07 Å². The first-order chi connectivity index (χ1) is 5.65. The zero-order valence-corrected chi connectivity index (χ0v) is 7.35. The quantitative estimate of drug-likeness (QED) is 0.345. The smallest absolute Gasteiger partial charge is 0.140 e. The van der Waals surface area contributed by atoms with Crippen LogP contribution in [0.3, 0.4) is 0 Å². The van der Waals surface area contributed by atoms with E-state index in [2.05, 4.69) is 21.1 Å². The second-order valence-electron chi connectivity index (χ2n) is 2.03. The van der Waals surface area contributed by atoms with E-state index in [4.69, 9.17) is 5.21 Å². The molecule has 0 saturated heterocycles. The normalized spacial score (nSPS) is 10.9. The van der Waals surface area contributed by atoms with Crippen molar-refractivity contribution < 1.29 is 14.0 Å². The van der Waals surface area contributed by atoms with E-state index in [-0.39, 0.29) is 10.0 Å². The van der Waals surface area contributed by atoms with E-state index in [1.54, 1.807) is 0 Å². The Labute approximate surface area is 75.6 Å². The Morgan fingerprint density at radius 3 is 2.58 bits per heavy atom. The standard InChI is InChI=1S/C7H4BrF2NO/c8-5-1-4(3-11-12)6(9)2-7(5)10/h1-3,12H. The minimum absolute atomic E-state index is 0.0192. The highest BCUT2D eigenvalue weighted by Crippen LogP contribution is 2.18. The third kappa shape index (κ3) is 1.79. The van der Waals surface area contributed by atoms with Gasteiger partial charge in [-0.05, 0) is 22.0 Å². The number of benzene rings is 1. The maximum atomic E-state index is 12.8. The fourth-order valence-corrected chi connectivity index (χ4v) is 1.06. The molecule has 0 heterocycles. The molecule has 5 heteroatoms.